The minimum atomic E-state index is 1.01. The molecule has 0 saturated carbocycles. The zero-order chi connectivity index (χ0) is 9.64. The molecule has 1 aromatic heterocycles. The van der Waals surface area contributed by atoms with Gasteiger partial charge in [-0.1, -0.05) is 30.3 Å². The second-order valence-electron chi connectivity index (χ2n) is 3.22. The maximum Gasteiger partial charge on any atom is 0.187 e. The highest BCUT2D eigenvalue weighted by molar-refractivity contribution is 5.14. The topological polar surface area (TPSA) is 16.8 Å². The summed E-state index contributed by atoms with van der Waals surface area (Å²) in [4.78, 5) is 3.98. The summed E-state index contributed by atoms with van der Waals surface area (Å²) in [5, 5.41) is 0. The lowest BCUT2D eigenvalue weighted by Crippen LogP contribution is -2.33. The second kappa shape index (κ2) is 4.51. The molecule has 0 spiro atoms. The van der Waals surface area contributed by atoms with E-state index in [9.17, 15) is 0 Å². The first-order valence-corrected chi connectivity index (χ1v) is 4.78. The van der Waals surface area contributed by atoms with E-state index < -0.39 is 0 Å². The van der Waals surface area contributed by atoms with E-state index in [2.05, 4.69) is 33.8 Å². The molecule has 2 aromatic rings. The number of nitrogens with zero attached hydrogens (tertiary/aromatic N) is 2. The van der Waals surface area contributed by atoms with Gasteiger partial charge in [-0.05, 0) is 5.56 Å². The Morgan fingerprint density at radius 3 is 2.43 bits per heavy atom. The summed E-state index contributed by atoms with van der Waals surface area (Å²) in [7, 11) is 0. The van der Waals surface area contributed by atoms with E-state index in [1.807, 2.05) is 30.9 Å². The van der Waals surface area contributed by atoms with Crippen LogP contribution < -0.4 is 4.57 Å². The molecule has 0 unspecified atom stereocenters. The van der Waals surface area contributed by atoms with Crippen molar-refractivity contribution in [1.82, 2.24) is 4.98 Å². The molecule has 0 bridgehead atoms. The van der Waals surface area contributed by atoms with E-state index in [1.165, 1.54) is 5.56 Å². The van der Waals surface area contributed by atoms with Crippen LogP contribution in [0.4, 0.5) is 0 Å². The highest BCUT2D eigenvalue weighted by Crippen LogP contribution is 1.98. The van der Waals surface area contributed by atoms with E-state index in [0.717, 1.165) is 13.0 Å². The van der Waals surface area contributed by atoms with E-state index in [-0.39, 0.29) is 0 Å². The second-order valence-corrected chi connectivity index (χ2v) is 3.22. The largest absolute Gasteiger partial charge is 0.252 e. The van der Waals surface area contributed by atoms with Crippen LogP contribution in [0.3, 0.4) is 0 Å². The third-order valence-corrected chi connectivity index (χ3v) is 2.19. The third-order valence-electron chi connectivity index (χ3n) is 2.19. The summed E-state index contributed by atoms with van der Waals surface area (Å²) in [6.45, 7) is 1.01. The molecule has 1 aromatic carbocycles. The monoisotopic (exact) mass is 185 g/mol. The number of rotatable bonds is 3. The minimum Gasteiger partial charge on any atom is -0.252 e. The van der Waals surface area contributed by atoms with Gasteiger partial charge in [0.25, 0.3) is 0 Å². The molecule has 2 rings (SSSR count). The molecule has 0 saturated heterocycles. The van der Waals surface area contributed by atoms with Crippen molar-refractivity contribution in [2.75, 3.05) is 0 Å². The van der Waals surface area contributed by atoms with E-state index in [0.29, 0.717) is 0 Å². The molecule has 2 nitrogen and oxygen atoms in total. The van der Waals surface area contributed by atoms with Gasteiger partial charge in [0.2, 0.25) is 0 Å². The van der Waals surface area contributed by atoms with E-state index >= 15 is 0 Å². The maximum atomic E-state index is 3.98. The van der Waals surface area contributed by atoms with Gasteiger partial charge in [0, 0.05) is 6.42 Å². The van der Waals surface area contributed by atoms with Crippen LogP contribution in [0, 0.1) is 0 Å². The molecule has 0 radical (unpaired) electrons. The van der Waals surface area contributed by atoms with Gasteiger partial charge in [-0.25, -0.2) is 4.57 Å². The summed E-state index contributed by atoms with van der Waals surface area (Å²) in [6.07, 6.45) is 8.66. The fourth-order valence-corrected chi connectivity index (χ4v) is 1.40. The van der Waals surface area contributed by atoms with Crippen LogP contribution in [0.1, 0.15) is 5.56 Å². The van der Waals surface area contributed by atoms with Gasteiger partial charge in [0.15, 0.2) is 18.9 Å². The van der Waals surface area contributed by atoms with Gasteiger partial charge in [-0.15, -0.1) is 0 Å². The van der Waals surface area contributed by atoms with Crippen molar-refractivity contribution in [3.05, 3.63) is 60.7 Å². The Balaban J connectivity index is 1.96. The van der Waals surface area contributed by atoms with E-state index in [4.69, 9.17) is 0 Å². The van der Waals surface area contributed by atoms with Crippen molar-refractivity contribution in [3.63, 3.8) is 0 Å². The molecule has 14 heavy (non-hydrogen) atoms. The summed E-state index contributed by atoms with van der Waals surface area (Å²) in [5.41, 5.74) is 1.37. The summed E-state index contributed by atoms with van der Waals surface area (Å²) >= 11 is 0. The van der Waals surface area contributed by atoms with Crippen molar-refractivity contribution in [3.8, 4) is 0 Å². The molecule has 0 atom stereocenters. The molecule has 70 valence electrons. The highest BCUT2D eigenvalue weighted by atomic mass is 14.9. The zero-order valence-electron chi connectivity index (χ0n) is 8.00. The van der Waals surface area contributed by atoms with Crippen LogP contribution in [-0.4, -0.2) is 4.98 Å². The lowest BCUT2D eigenvalue weighted by atomic mass is 10.1. The van der Waals surface area contributed by atoms with Crippen molar-refractivity contribution >= 4 is 0 Å². The number of hydrogen-bond acceptors (Lipinski definition) is 1. The van der Waals surface area contributed by atoms with Crippen molar-refractivity contribution in [2.45, 2.75) is 13.0 Å². The lowest BCUT2D eigenvalue weighted by Gasteiger charge is -1.97. The lowest BCUT2D eigenvalue weighted by molar-refractivity contribution is -0.697. The number of hydrogen-bond donors (Lipinski definition) is 0. The Morgan fingerprint density at radius 1 is 1.00 bits per heavy atom. The molecule has 0 fully saturated rings. The number of aromatic nitrogens is 2. The maximum absolute atomic E-state index is 3.98. The predicted octanol–water partition coefficient (Wildman–Crippen LogP) is 1.61. The van der Waals surface area contributed by atoms with Gasteiger partial charge in [0.05, 0.1) is 12.4 Å². The molecule has 2 heteroatoms. The molecule has 0 aliphatic rings. The van der Waals surface area contributed by atoms with Crippen LogP contribution in [0.5, 0.6) is 0 Å². The molecule has 0 amide bonds. The normalized spacial score (nSPS) is 10.0. The third kappa shape index (κ3) is 2.39. The molecule has 0 N–H and O–H groups in total. The Morgan fingerprint density at radius 2 is 1.71 bits per heavy atom. The Hall–Kier alpha value is -1.70. The first-order valence-electron chi connectivity index (χ1n) is 4.78. The van der Waals surface area contributed by atoms with Gasteiger partial charge in [-0.3, -0.25) is 4.98 Å². The molecule has 0 aliphatic carbocycles. The van der Waals surface area contributed by atoms with Crippen molar-refractivity contribution in [2.24, 2.45) is 0 Å². The van der Waals surface area contributed by atoms with E-state index in [1.54, 1.807) is 0 Å². The van der Waals surface area contributed by atoms with Gasteiger partial charge in [-0.2, -0.15) is 0 Å². The van der Waals surface area contributed by atoms with Crippen molar-refractivity contribution < 1.29 is 4.57 Å². The van der Waals surface area contributed by atoms with Gasteiger partial charge in [0.1, 0.15) is 0 Å². The Labute approximate surface area is 83.9 Å². The van der Waals surface area contributed by atoms with Crippen LogP contribution in [0.2, 0.25) is 0 Å². The standard InChI is InChI=1S/C12H13N2/c1-2-4-12(5-3-1)6-9-14-10-7-13-8-11-14/h1-5,7-8,10-11H,6,9H2/q+1. The number of aryl methyl sites for hydroxylation is 2. The average Bonchev–Trinajstić information content (AvgIpc) is 2.29. The number of benzene rings is 1. The first kappa shape index (κ1) is 8.88. The molecular weight excluding hydrogens is 172 g/mol. The zero-order valence-corrected chi connectivity index (χ0v) is 8.00. The SMILES string of the molecule is c1ccc(CC[n+]2ccncc2)cc1. The van der Waals surface area contributed by atoms with Gasteiger partial charge >= 0.3 is 0 Å². The quantitative estimate of drug-likeness (QED) is 0.664. The minimum absolute atomic E-state index is 1.01. The molecule has 1 heterocycles. The van der Waals surface area contributed by atoms with Crippen LogP contribution in [0.15, 0.2) is 55.1 Å². The Bertz CT molecular complexity index is 331. The van der Waals surface area contributed by atoms with Crippen molar-refractivity contribution in [1.29, 1.82) is 0 Å². The van der Waals surface area contributed by atoms with Crippen LogP contribution in [0.25, 0.3) is 0 Å². The summed E-state index contributed by atoms with van der Waals surface area (Å²) in [6, 6.07) is 10.5. The van der Waals surface area contributed by atoms with Crippen LogP contribution >= 0.6 is 0 Å². The fraction of sp³-hybridized carbons (Fsp3) is 0.167. The predicted molar refractivity (Wildman–Crippen MR) is 54.6 cm³/mol. The van der Waals surface area contributed by atoms with Crippen LogP contribution in [-0.2, 0) is 13.0 Å². The molecular formula is C12H13N2+. The highest BCUT2D eigenvalue weighted by Gasteiger charge is 1.98. The average molecular weight is 185 g/mol. The Kier molecular flexibility index (Phi) is 2.86. The first-order chi connectivity index (χ1) is 6.95. The fourth-order valence-electron chi connectivity index (χ4n) is 1.40. The summed E-state index contributed by atoms with van der Waals surface area (Å²) < 4.78 is 2.14. The molecule has 0 aliphatic heterocycles. The smallest absolute Gasteiger partial charge is 0.187 e. The van der Waals surface area contributed by atoms with Gasteiger partial charge < -0.3 is 0 Å². The summed E-state index contributed by atoms with van der Waals surface area (Å²) in [5.74, 6) is 0.